The van der Waals surface area contributed by atoms with Crippen molar-refractivity contribution in [3.63, 3.8) is 0 Å². The van der Waals surface area contributed by atoms with E-state index in [9.17, 15) is 11.0 Å². The predicted octanol–water partition coefficient (Wildman–Crippen LogP) is 16.0. The third-order valence-electron chi connectivity index (χ3n) is 10.3. The summed E-state index contributed by atoms with van der Waals surface area (Å²) in [5.41, 5.74) is 2.19. The second kappa shape index (κ2) is 14.1. The summed E-state index contributed by atoms with van der Waals surface area (Å²) < 4.78 is 145. The zero-order valence-corrected chi connectivity index (χ0v) is 30.6. The molecule has 11 aromatic rings. The standard InChI is InChI=1S/C56H37NO/c1-2-12-38(13-3-1)39-24-26-40(27-25-39)41-28-33-45(34-29-41)57(46-35-30-44(31-36-46)48-20-10-16-42-14-4-6-17-47(42)48)54-23-9-8-19-50(54)51-21-11-22-52-53-37-32-43-15-5-7-18-49(43)55(53)58-56(51)52/h1-37H/i4D,6D,10D,14D,16D,17D,20D,28D,29D,30D,31D,33D,34D,35D,36D. The van der Waals surface area contributed by atoms with Crippen LogP contribution < -0.4 is 4.90 Å². The largest absolute Gasteiger partial charge is 0.455 e. The maximum atomic E-state index is 9.81. The number of benzene rings is 10. The van der Waals surface area contributed by atoms with Crippen molar-refractivity contribution in [2.24, 2.45) is 0 Å². The summed E-state index contributed by atoms with van der Waals surface area (Å²) >= 11 is 0. The number of hydrogen-bond acceptors (Lipinski definition) is 2. The molecule has 0 radical (unpaired) electrons. The van der Waals surface area contributed by atoms with Crippen molar-refractivity contribution >= 4 is 60.5 Å². The van der Waals surface area contributed by atoms with E-state index < -0.39 is 124 Å². The molecule has 272 valence electrons. The molecule has 11 rings (SSSR count). The minimum atomic E-state index is -0.811. The number of rotatable bonds is 7. The maximum Gasteiger partial charge on any atom is 0.143 e. The Morgan fingerprint density at radius 3 is 1.74 bits per heavy atom. The fraction of sp³-hybridized carbons (Fsp3) is 0. The Balaban J connectivity index is 1.21. The molecule has 1 aromatic heterocycles. The van der Waals surface area contributed by atoms with Crippen LogP contribution in [0.5, 0.6) is 0 Å². The van der Waals surface area contributed by atoms with Gasteiger partial charge in [-0.15, -0.1) is 0 Å². The van der Waals surface area contributed by atoms with E-state index in [4.69, 9.17) is 14.0 Å². The minimum Gasteiger partial charge on any atom is -0.455 e. The molecule has 0 spiro atoms. The van der Waals surface area contributed by atoms with E-state index in [1.54, 1.807) is 42.5 Å². The van der Waals surface area contributed by atoms with E-state index >= 15 is 0 Å². The smallest absolute Gasteiger partial charge is 0.143 e. The predicted molar refractivity (Wildman–Crippen MR) is 245 cm³/mol. The summed E-state index contributed by atoms with van der Waals surface area (Å²) in [5.74, 6) is 0. The molecule has 0 N–H and O–H groups in total. The van der Waals surface area contributed by atoms with Crippen LogP contribution in [-0.2, 0) is 0 Å². The van der Waals surface area contributed by atoms with Crippen LogP contribution in [0.25, 0.3) is 88.0 Å². The summed E-state index contributed by atoms with van der Waals surface area (Å²) in [5, 5.41) is 2.52. The second-order valence-electron chi connectivity index (χ2n) is 13.7. The third kappa shape index (κ3) is 5.82. The Bertz CT molecular complexity index is 4090. The van der Waals surface area contributed by atoms with E-state index in [2.05, 4.69) is 0 Å². The quantitative estimate of drug-likeness (QED) is 0.161. The molecule has 0 unspecified atom stereocenters. The van der Waals surface area contributed by atoms with Gasteiger partial charge in [-0.25, -0.2) is 0 Å². The first-order chi connectivity index (χ1) is 35.0. The summed E-state index contributed by atoms with van der Waals surface area (Å²) in [6, 6.07) is 30.3. The SMILES string of the molecule is [2H]c1c([2H])c(N(c2ccccc2-c2cccc3c2oc2c4ccccc4ccc32)c2c([2H])c([2H])c(-c3c([2H])c([2H])c([2H])c4c([2H])c([2H])c([2H])c([2H])c34)c([2H])c2[2H])c([2H])c([2H])c1-c1ccc(-c2ccccc2)cc1. The van der Waals surface area contributed by atoms with E-state index in [-0.39, 0.29) is 11.3 Å². The normalized spacial score (nSPS) is 15.1. The number of nitrogens with zero attached hydrogens (tertiary/aromatic N) is 1. The molecule has 58 heavy (non-hydrogen) atoms. The highest BCUT2D eigenvalue weighted by Crippen LogP contribution is 2.45. The van der Waals surface area contributed by atoms with E-state index in [0.717, 1.165) is 32.7 Å². The van der Waals surface area contributed by atoms with Gasteiger partial charge in [-0.1, -0.05) is 188 Å². The van der Waals surface area contributed by atoms with Crippen LogP contribution in [0.4, 0.5) is 17.1 Å². The van der Waals surface area contributed by atoms with Gasteiger partial charge in [0.15, 0.2) is 0 Å². The van der Waals surface area contributed by atoms with Crippen LogP contribution >= 0.6 is 0 Å². The van der Waals surface area contributed by atoms with Crippen molar-refractivity contribution in [3.05, 3.63) is 224 Å². The summed E-state index contributed by atoms with van der Waals surface area (Å²) in [6.45, 7) is 0. The van der Waals surface area contributed by atoms with Gasteiger partial charge < -0.3 is 9.32 Å². The lowest BCUT2D eigenvalue weighted by atomic mass is 9.97. The number of anilines is 3. The first-order valence-electron chi connectivity index (χ1n) is 26.1. The van der Waals surface area contributed by atoms with Gasteiger partial charge in [0.2, 0.25) is 0 Å². The molecule has 0 saturated heterocycles. The monoisotopic (exact) mass is 754 g/mol. The molecule has 0 aliphatic rings. The molecule has 2 heteroatoms. The van der Waals surface area contributed by atoms with Crippen molar-refractivity contribution in [1.82, 2.24) is 0 Å². The van der Waals surface area contributed by atoms with E-state index in [1.165, 1.54) is 4.90 Å². The molecular formula is C56H37NO. The average molecular weight is 755 g/mol. The molecule has 0 aliphatic carbocycles. The van der Waals surface area contributed by atoms with Crippen LogP contribution in [0.2, 0.25) is 0 Å². The van der Waals surface area contributed by atoms with Crippen molar-refractivity contribution in [1.29, 1.82) is 0 Å². The van der Waals surface area contributed by atoms with Crippen LogP contribution in [0.3, 0.4) is 0 Å². The first-order valence-corrected chi connectivity index (χ1v) is 18.6. The highest BCUT2D eigenvalue weighted by Gasteiger charge is 2.21. The van der Waals surface area contributed by atoms with E-state index in [0.29, 0.717) is 27.9 Å². The highest BCUT2D eigenvalue weighted by molar-refractivity contribution is 6.17. The molecule has 1 heterocycles. The average Bonchev–Trinajstić information content (AvgIpc) is 3.80. The minimum absolute atomic E-state index is 0.0239. The summed E-state index contributed by atoms with van der Waals surface area (Å²) in [6.07, 6.45) is 0. The van der Waals surface area contributed by atoms with Crippen molar-refractivity contribution < 1.29 is 25.0 Å². The van der Waals surface area contributed by atoms with Crippen LogP contribution in [-0.4, -0.2) is 0 Å². The molecule has 0 aliphatic heterocycles. The van der Waals surface area contributed by atoms with Gasteiger partial charge in [0.05, 0.1) is 26.2 Å². The zero-order valence-electron chi connectivity index (χ0n) is 45.6. The molecule has 0 bridgehead atoms. The number of fused-ring (bicyclic) bond motifs is 6. The molecular weight excluding hydrogens is 703 g/mol. The first kappa shape index (κ1) is 21.6. The van der Waals surface area contributed by atoms with Gasteiger partial charge in [-0.2, -0.15) is 0 Å². The fourth-order valence-electron chi connectivity index (χ4n) is 7.55. The van der Waals surface area contributed by atoms with Gasteiger partial charge in [0.25, 0.3) is 0 Å². The Labute approximate surface area is 358 Å². The lowest BCUT2D eigenvalue weighted by Gasteiger charge is -2.28. The van der Waals surface area contributed by atoms with E-state index in [1.807, 2.05) is 91.0 Å². The molecule has 0 atom stereocenters. The Hall–Kier alpha value is -7.68. The Morgan fingerprint density at radius 1 is 0.328 bits per heavy atom. The highest BCUT2D eigenvalue weighted by atomic mass is 16.3. The molecule has 10 aromatic carbocycles. The van der Waals surface area contributed by atoms with Crippen molar-refractivity contribution in [2.75, 3.05) is 4.90 Å². The van der Waals surface area contributed by atoms with Gasteiger partial charge >= 0.3 is 0 Å². The van der Waals surface area contributed by atoms with Crippen molar-refractivity contribution in [3.8, 4) is 44.5 Å². The topological polar surface area (TPSA) is 16.4 Å². The number of hydrogen-bond donors (Lipinski definition) is 0. The number of furan rings is 1. The maximum absolute atomic E-state index is 9.81. The van der Waals surface area contributed by atoms with Gasteiger partial charge in [0.1, 0.15) is 11.2 Å². The number of para-hydroxylation sites is 2. The Kier molecular flexibility index (Phi) is 5.25. The third-order valence-corrected chi connectivity index (χ3v) is 10.3. The lowest BCUT2D eigenvalue weighted by Crippen LogP contribution is -2.11. The molecule has 0 saturated carbocycles. The Morgan fingerprint density at radius 2 is 0.931 bits per heavy atom. The van der Waals surface area contributed by atoms with Gasteiger partial charge in [-0.05, 0) is 85.8 Å². The second-order valence-corrected chi connectivity index (χ2v) is 13.7. The van der Waals surface area contributed by atoms with Crippen molar-refractivity contribution in [2.45, 2.75) is 0 Å². The van der Waals surface area contributed by atoms with Crippen LogP contribution in [0.1, 0.15) is 20.6 Å². The van der Waals surface area contributed by atoms with Crippen LogP contribution in [0.15, 0.2) is 229 Å². The molecule has 2 nitrogen and oxygen atoms in total. The summed E-state index contributed by atoms with van der Waals surface area (Å²) in [7, 11) is 0. The van der Waals surface area contributed by atoms with Crippen LogP contribution in [0, 0.1) is 0 Å². The summed E-state index contributed by atoms with van der Waals surface area (Å²) in [4.78, 5) is 1.18. The molecule has 0 amide bonds. The molecule has 0 fully saturated rings. The van der Waals surface area contributed by atoms with Gasteiger partial charge in [0, 0.05) is 38.7 Å². The fourth-order valence-corrected chi connectivity index (χ4v) is 7.55. The zero-order chi connectivity index (χ0) is 51.5. The lowest BCUT2D eigenvalue weighted by molar-refractivity contribution is 0.674. The van der Waals surface area contributed by atoms with Gasteiger partial charge in [-0.3, -0.25) is 0 Å².